The highest BCUT2D eigenvalue weighted by Crippen LogP contribution is 2.30. The van der Waals surface area contributed by atoms with Gasteiger partial charge in [-0.25, -0.2) is 0 Å². The third kappa shape index (κ3) is 3.78. The molecule has 0 aliphatic rings. The molecule has 0 saturated heterocycles. The standard InChI is InChI=1S/C19H18N2O4S/c1-11-6-7-14(24-3)13(9-11)20-19(23)17-12(2)10-16(26-17)21-18(22)15-5-4-8-25-15/h4-10H,1-3H3,(H,20,23)(H,21,22). The van der Waals surface area contributed by atoms with Gasteiger partial charge in [-0.15, -0.1) is 11.3 Å². The number of thiophene rings is 1. The van der Waals surface area contributed by atoms with Crippen molar-refractivity contribution in [1.29, 1.82) is 0 Å². The molecule has 0 aliphatic carbocycles. The lowest BCUT2D eigenvalue weighted by Crippen LogP contribution is -2.12. The fourth-order valence-electron chi connectivity index (χ4n) is 2.45. The number of benzene rings is 1. The van der Waals surface area contributed by atoms with Crippen molar-refractivity contribution in [2.75, 3.05) is 17.7 Å². The quantitative estimate of drug-likeness (QED) is 0.694. The second kappa shape index (κ2) is 7.45. The first-order valence-electron chi connectivity index (χ1n) is 7.89. The Bertz CT molecular complexity index is 945. The Labute approximate surface area is 154 Å². The first-order valence-corrected chi connectivity index (χ1v) is 8.71. The van der Waals surface area contributed by atoms with Crippen LogP contribution in [0, 0.1) is 13.8 Å². The maximum atomic E-state index is 12.7. The topological polar surface area (TPSA) is 80.6 Å². The minimum absolute atomic E-state index is 0.214. The Hall–Kier alpha value is -3.06. The van der Waals surface area contributed by atoms with Crippen molar-refractivity contribution in [1.82, 2.24) is 0 Å². The lowest BCUT2D eigenvalue weighted by atomic mass is 10.2. The molecule has 0 aliphatic heterocycles. The van der Waals surface area contributed by atoms with Crippen LogP contribution in [-0.4, -0.2) is 18.9 Å². The molecule has 2 heterocycles. The third-order valence-electron chi connectivity index (χ3n) is 3.71. The van der Waals surface area contributed by atoms with Crippen LogP contribution in [0.3, 0.4) is 0 Å². The molecule has 1 aromatic carbocycles. The first-order chi connectivity index (χ1) is 12.5. The van der Waals surface area contributed by atoms with Crippen LogP contribution in [0.1, 0.15) is 31.4 Å². The summed E-state index contributed by atoms with van der Waals surface area (Å²) in [5.41, 5.74) is 2.38. The van der Waals surface area contributed by atoms with Crippen LogP contribution in [0.4, 0.5) is 10.7 Å². The van der Waals surface area contributed by atoms with Gasteiger partial charge in [0, 0.05) is 0 Å². The molecule has 0 atom stereocenters. The minimum atomic E-state index is -0.358. The van der Waals surface area contributed by atoms with E-state index in [1.807, 2.05) is 26.0 Å². The molecule has 2 N–H and O–H groups in total. The Morgan fingerprint density at radius 2 is 1.88 bits per heavy atom. The van der Waals surface area contributed by atoms with E-state index in [1.54, 1.807) is 31.4 Å². The molecular formula is C19H18N2O4S. The van der Waals surface area contributed by atoms with E-state index >= 15 is 0 Å². The summed E-state index contributed by atoms with van der Waals surface area (Å²) >= 11 is 1.20. The van der Waals surface area contributed by atoms with Crippen LogP contribution in [0.25, 0.3) is 0 Å². The molecular weight excluding hydrogens is 352 g/mol. The molecule has 2 amide bonds. The molecule has 0 fully saturated rings. The van der Waals surface area contributed by atoms with Crippen molar-refractivity contribution in [2.45, 2.75) is 13.8 Å². The van der Waals surface area contributed by atoms with Gasteiger partial charge in [-0.2, -0.15) is 0 Å². The van der Waals surface area contributed by atoms with Gasteiger partial charge in [-0.1, -0.05) is 6.07 Å². The zero-order chi connectivity index (χ0) is 18.7. The van der Waals surface area contributed by atoms with Crippen LogP contribution in [0.15, 0.2) is 47.1 Å². The van der Waals surface area contributed by atoms with Crippen LogP contribution in [0.2, 0.25) is 0 Å². The van der Waals surface area contributed by atoms with Crippen molar-refractivity contribution in [2.24, 2.45) is 0 Å². The van der Waals surface area contributed by atoms with Crippen LogP contribution < -0.4 is 15.4 Å². The third-order valence-corrected chi connectivity index (χ3v) is 4.86. The van der Waals surface area contributed by atoms with Gasteiger partial charge in [0.05, 0.1) is 28.9 Å². The molecule has 6 nitrogen and oxygen atoms in total. The average Bonchev–Trinajstić information content (AvgIpc) is 3.25. The van der Waals surface area contributed by atoms with Crippen LogP contribution in [-0.2, 0) is 0 Å². The number of rotatable bonds is 5. The van der Waals surface area contributed by atoms with Crippen LogP contribution >= 0.6 is 11.3 Å². The maximum Gasteiger partial charge on any atom is 0.291 e. The van der Waals surface area contributed by atoms with Gasteiger partial charge in [0.1, 0.15) is 5.75 Å². The maximum absolute atomic E-state index is 12.7. The summed E-state index contributed by atoms with van der Waals surface area (Å²) in [5, 5.41) is 6.18. The highest BCUT2D eigenvalue weighted by Gasteiger charge is 2.18. The van der Waals surface area contributed by atoms with Gasteiger partial charge in [-0.3, -0.25) is 9.59 Å². The van der Waals surface area contributed by atoms with E-state index in [-0.39, 0.29) is 17.6 Å². The summed E-state index contributed by atoms with van der Waals surface area (Å²) in [7, 11) is 1.55. The summed E-state index contributed by atoms with van der Waals surface area (Å²) in [6, 6.07) is 10.5. The number of aryl methyl sites for hydroxylation is 2. The van der Waals surface area contributed by atoms with Crippen molar-refractivity contribution in [3.05, 3.63) is 64.4 Å². The largest absolute Gasteiger partial charge is 0.495 e. The van der Waals surface area contributed by atoms with Crippen LogP contribution in [0.5, 0.6) is 5.75 Å². The van der Waals surface area contributed by atoms with Gasteiger partial charge < -0.3 is 19.8 Å². The molecule has 134 valence electrons. The molecule has 0 bridgehead atoms. The predicted molar refractivity (Wildman–Crippen MR) is 101 cm³/mol. The number of ether oxygens (including phenoxy) is 1. The van der Waals surface area contributed by atoms with Crippen molar-refractivity contribution in [3.63, 3.8) is 0 Å². The lowest BCUT2D eigenvalue weighted by molar-refractivity contribution is 0.0995. The van der Waals surface area contributed by atoms with E-state index in [2.05, 4.69) is 10.6 Å². The molecule has 2 aromatic heterocycles. The van der Waals surface area contributed by atoms with E-state index in [1.165, 1.54) is 17.6 Å². The molecule has 26 heavy (non-hydrogen) atoms. The Morgan fingerprint density at radius 1 is 1.08 bits per heavy atom. The SMILES string of the molecule is COc1ccc(C)cc1NC(=O)c1sc(NC(=O)c2ccco2)cc1C. The number of carbonyl (C=O) groups is 2. The fraction of sp³-hybridized carbons (Fsp3) is 0.158. The number of carbonyl (C=O) groups excluding carboxylic acids is 2. The first kappa shape index (κ1) is 17.8. The van der Waals surface area contributed by atoms with Crippen molar-refractivity contribution < 1.29 is 18.7 Å². The zero-order valence-corrected chi connectivity index (χ0v) is 15.4. The van der Waals surface area contributed by atoms with E-state index in [0.717, 1.165) is 11.1 Å². The molecule has 3 rings (SSSR count). The van der Waals surface area contributed by atoms with Gasteiger partial charge in [0.25, 0.3) is 11.8 Å². The number of hydrogen-bond acceptors (Lipinski definition) is 5. The number of furan rings is 1. The lowest BCUT2D eigenvalue weighted by Gasteiger charge is -2.10. The highest BCUT2D eigenvalue weighted by molar-refractivity contribution is 7.18. The van der Waals surface area contributed by atoms with E-state index in [0.29, 0.717) is 21.3 Å². The monoisotopic (exact) mass is 370 g/mol. The molecule has 0 spiro atoms. The highest BCUT2D eigenvalue weighted by atomic mass is 32.1. The summed E-state index contributed by atoms with van der Waals surface area (Å²) in [6.07, 6.45) is 1.43. The molecule has 0 saturated carbocycles. The number of amides is 2. The van der Waals surface area contributed by atoms with Crippen molar-refractivity contribution in [3.8, 4) is 5.75 Å². The molecule has 0 unspecified atom stereocenters. The fourth-order valence-corrected chi connectivity index (χ4v) is 3.41. The number of hydrogen-bond donors (Lipinski definition) is 2. The molecule has 3 aromatic rings. The van der Waals surface area contributed by atoms with Gasteiger partial charge in [0.15, 0.2) is 5.76 Å². The smallest absolute Gasteiger partial charge is 0.291 e. The van der Waals surface area contributed by atoms with Gasteiger partial charge in [0.2, 0.25) is 0 Å². The molecule has 0 radical (unpaired) electrons. The van der Waals surface area contributed by atoms with Gasteiger partial charge >= 0.3 is 0 Å². The van der Waals surface area contributed by atoms with E-state index in [4.69, 9.17) is 9.15 Å². The zero-order valence-electron chi connectivity index (χ0n) is 14.6. The minimum Gasteiger partial charge on any atom is -0.495 e. The molecule has 7 heteroatoms. The second-order valence-corrected chi connectivity index (χ2v) is 6.76. The second-order valence-electron chi connectivity index (χ2n) is 5.71. The Kier molecular flexibility index (Phi) is 5.09. The Balaban J connectivity index is 1.77. The summed E-state index contributed by atoms with van der Waals surface area (Å²) in [5.74, 6) is 0.189. The normalized spacial score (nSPS) is 10.4. The summed E-state index contributed by atoms with van der Waals surface area (Å²) in [6.45, 7) is 3.76. The van der Waals surface area contributed by atoms with Crippen molar-refractivity contribution >= 4 is 33.8 Å². The summed E-state index contributed by atoms with van der Waals surface area (Å²) in [4.78, 5) is 25.2. The predicted octanol–water partition coefficient (Wildman–Crippen LogP) is 4.47. The average molecular weight is 370 g/mol. The van der Waals surface area contributed by atoms with E-state index in [9.17, 15) is 9.59 Å². The summed E-state index contributed by atoms with van der Waals surface area (Å²) < 4.78 is 10.4. The van der Waals surface area contributed by atoms with Gasteiger partial charge in [-0.05, 0) is 55.3 Å². The van der Waals surface area contributed by atoms with E-state index < -0.39 is 0 Å². The number of methoxy groups -OCH3 is 1. The Morgan fingerprint density at radius 3 is 2.58 bits per heavy atom. The number of nitrogens with one attached hydrogen (secondary N) is 2. The number of anilines is 2.